The molecule has 1 aromatic heterocycles. The molecule has 1 aliphatic carbocycles. The van der Waals surface area contributed by atoms with Gasteiger partial charge >= 0.3 is 0 Å². The summed E-state index contributed by atoms with van der Waals surface area (Å²) in [6.07, 6.45) is 8.97. The highest BCUT2D eigenvalue weighted by Gasteiger charge is 2.38. The average molecular weight is 471 g/mol. The molecule has 1 amide bonds. The van der Waals surface area contributed by atoms with E-state index < -0.39 is 0 Å². The van der Waals surface area contributed by atoms with Gasteiger partial charge in [0, 0.05) is 35.9 Å². The topological polar surface area (TPSA) is 75.1 Å². The maximum absolute atomic E-state index is 14.0. The third-order valence-electron chi connectivity index (χ3n) is 8.31. The molecule has 1 saturated carbocycles. The molecule has 2 atom stereocenters. The van der Waals surface area contributed by atoms with E-state index in [1.54, 1.807) is 0 Å². The lowest BCUT2D eigenvalue weighted by Gasteiger charge is -2.32. The van der Waals surface area contributed by atoms with Gasteiger partial charge in [-0.05, 0) is 74.4 Å². The predicted octanol–water partition coefficient (Wildman–Crippen LogP) is 5.84. The van der Waals surface area contributed by atoms with Crippen LogP contribution in [-0.4, -0.2) is 33.8 Å². The summed E-state index contributed by atoms with van der Waals surface area (Å²) in [6, 6.07) is 19.1. The number of nitrogens with two attached hydrogens (primary N) is 1. The van der Waals surface area contributed by atoms with Crippen molar-refractivity contribution in [1.29, 1.82) is 5.41 Å². The zero-order valence-electron chi connectivity index (χ0n) is 20.9. The van der Waals surface area contributed by atoms with Crippen LogP contribution in [0.1, 0.15) is 74.6 Å². The van der Waals surface area contributed by atoms with Crippen LogP contribution >= 0.6 is 0 Å². The van der Waals surface area contributed by atoms with Crippen LogP contribution in [0.4, 0.5) is 0 Å². The van der Waals surface area contributed by atoms with Crippen LogP contribution in [0.2, 0.25) is 0 Å². The number of aromatic nitrogens is 1. The van der Waals surface area contributed by atoms with E-state index in [4.69, 9.17) is 11.1 Å². The molecule has 184 valence electrons. The van der Waals surface area contributed by atoms with Crippen LogP contribution in [0.5, 0.6) is 0 Å². The number of benzene rings is 2. The van der Waals surface area contributed by atoms with Crippen molar-refractivity contribution in [3.8, 4) is 0 Å². The third kappa shape index (κ3) is 4.73. The van der Waals surface area contributed by atoms with E-state index in [1.165, 1.54) is 42.3 Å². The molecule has 2 heterocycles. The molecule has 3 N–H and O–H groups in total. The molecule has 1 unspecified atom stereocenters. The summed E-state index contributed by atoms with van der Waals surface area (Å²) in [5, 5.41) is 8.98. The molecule has 5 heteroatoms. The minimum Gasteiger partial charge on any atom is -0.384 e. The van der Waals surface area contributed by atoms with Crippen LogP contribution < -0.4 is 5.73 Å². The second-order valence-electron chi connectivity index (χ2n) is 10.4. The van der Waals surface area contributed by atoms with Gasteiger partial charge in [0.2, 0.25) is 5.91 Å². The van der Waals surface area contributed by atoms with E-state index in [0.717, 1.165) is 49.9 Å². The first-order valence-corrected chi connectivity index (χ1v) is 13.4. The molecule has 0 bridgehead atoms. The molecule has 3 aromatic rings. The zero-order valence-corrected chi connectivity index (χ0v) is 20.9. The highest BCUT2D eigenvalue weighted by Crippen LogP contribution is 2.40. The predicted molar refractivity (Wildman–Crippen MR) is 143 cm³/mol. The van der Waals surface area contributed by atoms with E-state index >= 15 is 0 Å². The largest absolute Gasteiger partial charge is 0.384 e. The second-order valence-corrected chi connectivity index (χ2v) is 10.4. The summed E-state index contributed by atoms with van der Waals surface area (Å²) < 4.78 is 2.34. The molecule has 0 radical (unpaired) electrons. The summed E-state index contributed by atoms with van der Waals surface area (Å²) in [4.78, 5) is 16.2. The number of hydrogen-bond acceptors (Lipinski definition) is 2. The molecule has 35 heavy (non-hydrogen) atoms. The summed E-state index contributed by atoms with van der Waals surface area (Å²) in [5.74, 6) is 0.941. The van der Waals surface area contributed by atoms with Gasteiger partial charge in [0.15, 0.2) is 0 Å². The third-order valence-corrected chi connectivity index (χ3v) is 8.31. The fourth-order valence-corrected chi connectivity index (χ4v) is 6.55. The lowest BCUT2D eigenvalue weighted by Crippen LogP contribution is -2.41. The normalized spacial score (nSPS) is 19.5. The van der Waals surface area contributed by atoms with Crippen LogP contribution in [0.3, 0.4) is 0 Å². The van der Waals surface area contributed by atoms with Gasteiger partial charge in [-0.3, -0.25) is 10.2 Å². The van der Waals surface area contributed by atoms with Gasteiger partial charge in [-0.2, -0.15) is 0 Å². The number of nitrogen functional groups attached to an aromatic ring is 1. The monoisotopic (exact) mass is 470 g/mol. The zero-order chi connectivity index (χ0) is 24.4. The summed E-state index contributed by atoms with van der Waals surface area (Å²) >= 11 is 0. The Morgan fingerprint density at radius 2 is 1.83 bits per heavy atom. The van der Waals surface area contributed by atoms with Crippen LogP contribution in [0.25, 0.3) is 10.9 Å². The number of hydrogen-bond donors (Lipinski definition) is 2. The number of carbonyl (C=O) groups excluding carboxylic acids is 1. The van der Waals surface area contributed by atoms with Gasteiger partial charge in [-0.15, -0.1) is 0 Å². The Bertz CT molecular complexity index is 1190. The summed E-state index contributed by atoms with van der Waals surface area (Å²) in [7, 11) is 0. The molecular formula is C30H38N4O. The molecule has 5 nitrogen and oxygen atoms in total. The molecule has 2 aromatic carbocycles. The van der Waals surface area contributed by atoms with Gasteiger partial charge < -0.3 is 15.2 Å². The van der Waals surface area contributed by atoms with E-state index in [1.807, 2.05) is 18.2 Å². The Hall–Kier alpha value is -3.08. The van der Waals surface area contributed by atoms with Crippen LogP contribution in [0.15, 0.2) is 54.6 Å². The van der Waals surface area contributed by atoms with Gasteiger partial charge in [0.1, 0.15) is 5.84 Å². The Morgan fingerprint density at radius 1 is 1.06 bits per heavy atom. The van der Waals surface area contributed by atoms with Gasteiger partial charge in [0.25, 0.3) is 0 Å². The minimum absolute atomic E-state index is 0.00592. The van der Waals surface area contributed by atoms with Gasteiger partial charge in [-0.1, -0.05) is 55.3 Å². The number of nitrogens with zero attached hydrogens (tertiary/aromatic N) is 2. The molecule has 1 aliphatic heterocycles. The quantitative estimate of drug-likeness (QED) is 0.320. The molecular weight excluding hydrogens is 432 g/mol. The highest BCUT2D eigenvalue weighted by molar-refractivity contribution is 5.98. The molecule has 2 aliphatic rings. The number of amides is 1. The maximum Gasteiger partial charge on any atom is 0.230 e. The van der Waals surface area contributed by atoms with Crippen molar-refractivity contribution >= 4 is 22.6 Å². The fraction of sp³-hybridized carbons (Fsp3) is 0.467. The SMILES string of the molecule is CCn1c(CC[C@@H]2CCCN2C(=O)C(c2ccccc2)C2CCCC2)cc2ccc(C(=N)N)cc21. The number of nitrogens with one attached hydrogen (secondary N) is 1. The number of aryl methyl sites for hydroxylation is 2. The first kappa shape index (κ1) is 23.7. The van der Waals surface area contributed by atoms with Crippen LogP contribution in [0, 0.1) is 11.3 Å². The Kier molecular flexibility index (Phi) is 6.94. The maximum atomic E-state index is 14.0. The van der Waals surface area contributed by atoms with Crippen molar-refractivity contribution in [2.45, 2.75) is 76.8 Å². The smallest absolute Gasteiger partial charge is 0.230 e. The second kappa shape index (κ2) is 10.3. The summed E-state index contributed by atoms with van der Waals surface area (Å²) in [5.41, 5.74) is 10.1. The summed E-state index contributed by atoms with van der Waals surface area (Å²) in [6.45, 7) is 3.93. The molecule has 1 saturated heterocycles. The lowest BCUT2D eigenvalue weighted by atomic mass is 9.83. The Balaban J connectivity index is 1.35. The first-order valence-electron chi connectivity index (χ1n) is 13.4. The highest BCUT2D eigenvalue weighted by atomic mass is 16.2. The van der Waals surface area contributed by atoms with Crippen LogP contribution in [-0.2, 0) is 17.8 Å². The van der Waals surface area contributed by atoms with E-state index in [-0.39, 0.29) is 11.8 Å². The molecule has 5 rings (SSSR count). The first-order chi connectivity index (χ1) is 17.1. The average Bonchev–Trinajstić information content (AvgIpc) is 3.62. The number of carbonyl (C=O) groups is 1. The van der Waals surface area contributed by atoms with E-state index in [0.29, 0.717) is 17.9 Å². The molecule has 2 fully saturated rings. The van der Waals surface area contributed by atoms with Crippen molar-refractivity contribution < 1.29 is 4.79 Å². The van der Waals surface area contributed by atoms with Crippen molar-refractivity contribution in [3.05, 3.63) is 71.4 Å². The Labute approximate surface area is 208 Å². The Morgan fingerprint density at radius 3 is 2.54 bits per heavy atom. The van der Waals surface area contributed by atoms with E-state index in [9.17, 15) is 4.79 Å². The van der Waals surface area contributed by atoms with Gasteiger partial charge in [0.05, 0.1) is 5.92 Å². The van der Waals surface area contributed by atoms with Crippen molar-refractivity contribution in [1.82, 2.24) is 9.47 Å². The van der Waals surface area contributed by atoms with Crippen molar-refractivity contribution in [3.63, 3.8) is 0 Å². The van der Waals surface area contributed by atoms with E-state index in [2.05, 4.69) is 52.8 Å². The van der Waals surface area contributed by atoms with Crippen molar-refractivity contribution in [2.24, 2.45) is 11.7 Å². The van der Waals surface area contributed by atoms with Gasteiger partial charge in [-0.25, -0.2) is 0 Å². The minimum atomic E-state index is 0.00592. The number of amidine groups is 1. The fourth-order valence-electron chi connectivity index (χ4n) is 6.55. The number of rotatable bonds is 8. The number of likely N-dealkylation sites (tertiary alicyclic amines) is 1. The van der Waals surface area contributed by atoms with Crippen molar-refractivity contribution in [2.75, 3.05) is 6.54 Å². The number of fused-ring (bicyclic) bond motifs is 1. The lowest BCUT2D eigenvalue weighted by molar-refractivity contribution is -0.135. The molecule has 0 spiro atoms. The standard InChI is InChI=1S/C30H38N4O/c1-2-33-26(19-23-14-15-24(29(31)32)20-27(23)33)17-16-25-13-8-18-34(25)30(35)28(22-11-6-7-12-22)21-9-4-3-5-10-21/h3-5,9-10,14-15,19-20,22,25,28H,2,6-8,11-13,16-18H2,1H3,(H3,31,32)/t25-,28?/m0/s1.